The Morgan fingerprint density at radius 3 is 2.21 bits per heavy atom. The first kappa shape index (κ1) is 19.2. The number of amides is 2. The minimum Gasteiger partial charge on any atom is -0.369 e. The summed E-state index contributed by atoms with van der Waals surface area (Å²) >= 11 is 0. The lowest BCUT2D eigenvalue weighted by atomic mass is 9.54. The molecule has 0 radical (unpaired) electrons. The lowest BCUT2D eigenvalue weighted by Gasteiger charge is -2.54. The first-order chi connectivity index (χ1) is 14.2. The van der Waals surface area contributed by atoms with Crippen molar-refractivity contribution in [3.05, 3.63) is 30.3 Å². The molecule has 0 aromatic heterocycles. The second kappa shape index (κ2) is 8.55. The summed E-state index contributed by atoms with van der Waals surface area (Å²) in [5, 5.41) is 6.48. The Morgan fingerprint density at radius 1 is 0.897 bits per heavy atom. The molecule has 0 spiro atoms. The van der Waals surface area contributed by atoms with Gasteiger partial charge in [-0.05, 0) is 80.9 Å². The molecule has 1 aromatic rings. The van der Waals surface area contributed by atoms with Crippen LogP contribution in [0.25, 0.3) is 0 Å². The quantitative estimate of drug-likeness (QED) is 0.725. The summed E-state index contributed by atoms with van der Waals surface area (Å²) in [6.07, 6.45) is 7.91. The molecule has 5 fully saturated rings. The van der Waals surface area contributed by atoms with Crippen LogP contribution in [0.5, 0.6) is 0 Å². The van der Waals surface area contributed by atoms with Gasteiger partial charge in [-0.3, -0.25) is 4.90 Å². The molecule has 29 heavy (non-hydrogen) atoms. The minimum absolute atomic E-state index is 0.0661. The van der Waals surface area contributed by atoms with Crippen molar-refractivity contribution in [3.8, 4) is 0 Å². The normalized spacial score (nSPS) is 33.7. The van der Waals surface area contributed by atoms with Crippen LogP contribution >= 0.6 is 0 Å². The maximum atomic E-state index is 12.4. The van der Waals surface area contributed by atoms with Gasteiger partial charge in [0.2, 0.25) is 0 Å². The van der Waals surface area contributed by atoms with E-state index < -0.39 is 0 Å². The maximum Gasteiger partial charge on any atom is 0.315 e. The van der Waals surface area contributed by atoms with Crippen LogP contribution in [-0.2, 0) is 0 Å². The Labute approximate surface area is 175 Å². The molecule has 1 aliphatic heterocycles. The standard InChI is InChI=1S/C24H36N4O/c29-24(26-23-20-14-18-13-19(16-20)17-21(23)15-18)25-7-4-8-27-9-11-28(12-10-27)22-5-2-1-3-6-22/h1-3,5-6,18-21,23H,4,7-17H2,(H2,25,26,29). The largest absolute Gasteiger partial charge is 0.369 e. The van der Waals surface area contributed by atoms with E-state index in [0.29, 0.717) is 6.04 Å². The molecular weight excluding hydrogens is 360 g/mol. The number of nitrogens with zero attached hydrogens (tertiary/aromatic N) is 2. The number of piperazine rings is 1. The number of hydrogen-bond acceptors (Lipinski definition) is 3. The van der Waals surface area contributed by atoms with Crippen LogP contribution in [0, 0.1) is 23.7 Å². The van der Waals surface area contributed by atoms with Gasteiger partial charge in [0.05, 0.1) is 0 Å². The first-order valence-electron chi connectivity index (χ1n) is 11.8. The number of carbonyl (C=O) groups excluding carboxylic acids is 1. The molecule has 1 aromatic carbocycles. The molecule has 1 saturated heterocycles. The zero-order valence-corrected chi connectivity index (χ0v) is 17.6. The van der Waals surface area contributed by atoms with E-state index in [4.69, 9.17) is 0 Å². The predicted octanol–water partition coefficient (Wildman–Crippen LogP) is 3.32. The molecule has 6 rings (SSSR count). The summed E-state index contributed by atoms with van der Waals surface area (Å²) in [5.74, 6) is 3.41. The lowest BCUT2D eigenvalue weighted by Crippen LogP contribution is -2.57. The number of para-hydroxylation sites is 1. The third kappa shape index (κ3) is 4.40. The molecule has 2 amide bonds. The Morgan fingerprint density at radius 2 is 1.55 bits per heavy atom. The monoisotopic (exact) mass is 396 g/mol. The number of rotatable bonds is 6. The molecule has 4 aliphatic carbocycles. The summed E-state index contributed by atoms with van der Waals surface area (Å²) in [4.78, 5) is 17.4. The van der Waals surface area contributed by atoms with Gasteiger partial charge in [0.25, 0.3) is 0 Å². The summed E-state index contributed by atoms with van der Waals surface area (Å²) in [5.41, 5.74) is 1.33. The number of carbonyl (C=O) groups is 1. The fraction of sp³-hybridized carbons (Fsp3) is 0.708. The molecular formula is C24H36N4O. The van der Waals surface area contributed by atoms with Gasteiger partial charge < -0.3 is 15.5 Å². The van der Waals surface area contributed by atoms with Crippen LogP contribution in [0.3, 0.4) is 0 Å². The molecule has 2 N–H and O–H groups in total. The van der Waals surface area contributed by atoms with Gasteiger partial charge in [-0.25, -0.2) is 4.79 Å². The van der Waals surface area contributed by atoms with Crippen molar-refractivity contribution >= 4 is 11.7 Å². The molecule has 0 unspecified atom stereocenters. The van der Waals surface area contributed by atoms with Crippen molar-refractivity contribution in [2.24, 2.45) is 23.7 Å². The highest BCUT2D eigenvalue weighted by molar-refractivity contribution is 5.74. The van der Waals surface area contributed by atoms with E-state index in [2.05, 4.69) is 50.8 Å². The maximum absolute atomic E-state index is 12.4. The first-order valence-corrected chi connectivity index (χ1v) is 11.8. The predicted molar refractivity (Wildman–Crippen MR) is 117 cm³/mol. The molecule has 1 heterocycles. The highest BCUT2D eigenvalue weighted by atomic mass is 16.2. The SMILES string of the molecule is O=C(NCCCN1CCN(c2ccccc2)CC1)NC1C2CC3CC(C2)CC1C3. The molecule has 0 atom stereocenters. The van der Waals surface area contributed by atoms with Crippen molar-refractivity contribution in [1.82, 2.24) is 15.5 Å². The summed E-state index contributed by atoms with van der Waals surface area (Å²) in [7, 11) is 0. The van der Waals surface area contributed by atoms with Crippen LogP contribution in [0.2, 0.25) is 0 Å². The molecule has 4 bridgehead atoms. The molecule has 5 aliphatic rings. The van der Waals surface area contributed by atoms with E-state index in [0.717, 1.165) is 69.4 Å². The summed E-state index contributed by atoms with van der Waals surface area (Å²) in [6, 6.07) is 11.2. The van der Waals surface area contributed by atoms with Crippen LogP contribution < -0.4 is 15.5 Å². The van der Waals surface area contributed by atoms with Crippen molar-refractivity contribution in [2.75, 3.05) is 44.2 Å². The van der Waals surface area contributed by atoms with Crippen LogP contribution in [-0.4, -0.2) is 56.2 Å². The third-order valence-corrected chi connectivity index (χ3v) is 7.95. The Balaban J connectivity index is 0.982. The van der Waals surface area contributed by atoms with E-state index in [1.807, 2.05) is 0 Å². The summed E-state index contributed by atoms with van der Waals surface area (Å²) in [6.45, 7) is 6.23. The fourth-order valence-corrected chi connectivity index (χ4v) is 6.74. The third-order valence-electron chi connectivity index (χ3n) is 7.95. The van der Waals surface area contributed by atoms with Crippen LogP contribution in [0.15, 0.2) is 30.3 Å². The van der Waals surface area contributed by atoms with Gasteiger partial charge in [0.1, 0.15) is 0 Å². The zero-order chi connectivity index (χ0) is 19.6. The van der Waals surface area contributed by atoms with Gasteiger partial charge in [0, 0.05) is 44.5 Å². The highest BCUT2D eigenvalue weighted by Gasteiger charge is 2.48. The zero-order valence-electron chi connectivity index (χ0n) is 17.6. The topological polar surface area (TPSA) is 47.6 Å². The van der Waals surface area contributed by atoms with Crippen molar-refractivity contribution in [1.29, 1.82) is 0 Å². The number of benzene rings is 1. The van der Waals surface area contributed by atoms with E-state index in [1.165, 1.54) is 37.8 Å². The van der Waals surface area contributed by atoms with E-state index >= 15 is 0 Å². The number of anilines is 1. The van der Waals surface area contributed by atoms with Gasteiger partial charge in [-0.2, -0.15) is 0 Å². The average Bonchev–Trinajstić information content (AvgIpc) is 2.74. The van der Waals surface area contributed by atoms with E-state index in [-0.39, 0.29) is 6.03 Å². The number of urea groups is 1. The average molecular weight is 397 g/mol. The van der Waals surface area contributed by atoms with Crippen molar-refractivity contribution < 1.29 is 4.79 Å². The molecule has 4 saturated carbocycles. The number of hydrogen-bond donors (Lipinski definition) is 2. The van der Waals surface area contributed by atoms with Crippen LogP contribution in [0.4, 0.5) is 10.5 Å². The van der Waals surface area contributed by atoms with E-state index in [1.54, 1.807) is 0 Å². The Bertz CT molecular complexity index is 657. The molecule has 158 valence electrons. The molecule has 5 nitrogen and oxygen atoms in total. The minimum atomic E-state index is 0.0661. The van der Waals surface area contributed by atoms with E-state index in [9.17, 15) is 4.79 Å². The Kier molecular flexibility index (Phi) is 5.67. The summed E-state index contributed by atoms with van der Waals surface area (Å²) < 4.78 is 0. The van der Waals surface area contributed by atoms with Crippen molar-refractivity contribution in [2.45, 2.75) is 44.6 Å². The lowest BCUT2D eigenvalue weighted by molar-refractivity contribution is -0.00941. The second-order valence-electron chi connectivity index (χ2n) is 9.87. The van der Waals surface area contributed by atoms with Gasteiger partial charge in [-0.1, -0.05) is 18.2 Å². The van der Waals surface area contributed by atoms with Crippen molar-refractivity contribution in [3.63, 3.8) is 0 Å². The Hall–Kier alpha value is -1.75. The second-order valence-corrected chi connectivity index (χ2v) is 9.87. The van der Waals surface area contributed by atoms with Gasteiger partial charge in [0.15, 0.2) is 0 Å². The van der Waals surface area contributed by atoms with Gasteiger partial charge >= 0.3 is 6.03 Å². The highest BCUT2D eigenvalue weighted by Crippen LogP contribution is 2.53. The fourth-order valence-electron chi connectivity index (χ4n) is 6.74. The smallest absolute Gasteiger partial charge is 0.315 e. The van der Waals surface area contributed by atoms with Gasteiger partial charge in [-0.15, -0.1) is 0 Å². The van der Waals surface area contributed by atoms with Crippen LogP contribution in [0.1, 0.15) is 38.5 Å². The molecule has 5 heteroatoms. The number of nitrogens with one attached hydrogen (secondary N) is 2.